The summed E-state index contributed by atoms with van der Waals surface area (Å²) in [6, 6.07) is 9.23. The third-order valence-corrected chi connectivity index (χ3v) is 5.24. The first-order chi connectivity index (χ1) is 10.1. The van der Waals surface area contributed by atoms with Crippen LogP contribution in [0.15, 0.2) is 28.7 Å². The van der Waals surface area contributed by atoms with Crippen molar-refractivity contribution in [3.63, 3.8) is 0 Å². The lowest BCUT2D eigenvalue weighted by Crippen LogP contribution is -2.28. The Labute approximate surface area is 138 Å². The molecule has 2 nitrogen and oxygen atoms in total. The van der Waals surface area contributed by atoms with E-state index in [-0.39, 0.29) is 0 Å². The van der Waals surface area contributed by atoms with Crippen molar-refractivity contribution >= 4 is 15.9 Å². The van der Waals surface area contributed by atoms with Gasteiger partial charge in [0.2, 0.25) is 0 Å². The maximum Gasteiger partial charge on any atom is 0.0332 e. The number of hydrogen-bond donors (Lipinski definition) is 1. The van der Waals surface area contributed by atoms with Crippen LogP contribution in [0.4, 0.5) is 0 Å². The van der Waals surface area contributed by atoms with Crippen LogP contribution in [-0.4, -0.2) is 31.1 Å². The zero-order chi connectivity index (χ0) is 15.2. The highest BCUT2D eigenvalue weighted by molar-refractivity contribution is 9.10. The molecule has 1 aromatic rings. The topological polar surface area (TPSA) is 15.3 Å². The van der Waals surface area contributed by atoms with E-state index >= 15 is 0 Å². The Morgan fingerprint density at radius 1 is 1.29 bits per heavy atom. The van der Waals surface area contributed by atoms with Crippen molar-refractivity contribution in [3.05, 3.63) is 34.3 Å². The van der Waals surface area contributed by atoms with Crippen LogP contribution < -0.4 is 5.32 Å². The molecule has 1 aromatic carbocycles. The maximum absolute atomic E-state index is 3.63. The van der Waals surface area contributed by atoms with Gasteiger partial charge in [-0.3, -0.25) is 0 Å². The largest absolute Gasteiger partial charge is 0.310 e. The fourth-order valence-corrected chi connectivity index (χ4v) is 3.51. The monoisotopic (exact) mass is 352 g/mol. The summed E-state index contributed by atoms with van der Waals surface area (Å²) in [4.78, 5) is 2.65. The first kappa shape index (κ1) is 17.0. The van der Waals surface area contributed by atoms with Crippen LogP contribution in [0.25, 0.3) is 0 Å². The Morgan fingerprint density at radius 3 is 2.57 bits per heavy atom. The standard InChI is InChI=1S/C18H29BrN2/c1-4-20-18(15-5-7-17(19)8-6-15)10-12-21-11-9-16(13-21)14(2)3/h5-8,14,16,18,20H,4,9-13H2,1-3H3. The quantitative estimate of drug-likeness (QED) is 0.778. The molecule has 3 heteroatoms. The third kappa shape index (κ3) is 5.08. The Morgan fingerprint density at radius 2 is 2.00 bits per heavy atom. The van der Waals surface area contributed by atoms with Crippen molar-refractivity contribution in [3.8, 4) is 0 Å². The molecule has 21 heavy (non-hydrogen) atoms. The van der Waals surface area contributed by atoms with E-state index in [4.69, 9.17) is 0 Å². The van der Waals surface area contributed by atoms with Gasteiger partial charge in [0.05, 0.1) is 0 Å². The van der Waals surface area contributed by atoms with E-state index < -0.39 is 0 Å². The Bertz CT molecular complexity index is 416. The van der Waals surface area contributed by atoms with Gasteiger partial charge in [-0.2, -0.15) is 0 Å². The summed E-state index contributed by atoms with van der Waals surface area (Å²) >= 11 is 3.52. The van der Waals surface area contributed by atoms with Gasteiger partial charge < -0.3 is 10.2 Å². The Kier molecular flexibility index (Phi) is 6.72. The average molecular weight is 353 g/mol. The van der Waals surface area contributed by atoms with Gasteiger partial charge in [-0.15, -0.1) is 0 Å². The van der Waals surface area contributed by atoms with Gasteiger partial charge in [-0.25, -0.2) is 0 Å². The number of likely N-dealkylation sites (tertiary alicyclic amines) is 1. The average Bonchev–Trinajstić information content (AvgIpc) is 2.93. The van der Waals surface area contributed by atoms with Crippen LogP contribution in [0.1, 0.15) is 45.2 Å². The minimum atomic E-state index is 0.473. The summed E-state index contributed by atoms with van der Waals surface area (Å²) in [7, 11) is 0. The minimum Gasteiger partial charge on any atom is -0.310 e. The molecule has 2 atom stereocenters. The van der Waals surface area contributed by atoms with E-state index in [1.807, 2.05) is 0 Å². The molecule has 1 heterocycles. The smallest absolute Gasteiger partial charge is 0.0332 e. The fraction of sp³-hybridized carbons (Fsp3) is 0.667. The second kappa shape index (κ2) is 8.30. The number of nitrogens with one attached hydrogen (secondary N) is 1. The second-order valence-electron chi connectivity index (χ2n) is 6.54. The molecule has 1 aliphatic heterocycles. The predicted molar refractivity (Wildman–Crippen MR) is 94.6 cm³/mol. The molecular formula is C18H29BrN2. The molecule has 118 valence electrons. The van der Waals surface area contributed by atoms with E-state index in [0.717, 1.165) is 22.9 Å². The van der Waals surface area contributed by atoms with Crippen molar-refractivity contribution < 1.29 is 0 Å². The molecule has 1 aliphatic rings. The molecule has 0 bridgehead atoms. The van der Waals surface area contributed by atoms with E-state index in [1.54, 1.807) is 0 Å². The molecule has 0 amide bonds. The van der Waals surface area contributed by atoms with E-state index in [9.17, 15) is 0 Å². The van der Waals surface area contributed by atoms with Gasteiger partial charge in [-0.05, 0) is 62.0 Å². The van der Waals surface area contributed by atoms with Crippen molar-refractivity contribution in [2.45, 2.75) is 39.7 Å². The zero-order valence-electron chi connectivity index (χ0n) is 13.6. The summed E-state index contributed by atoms with van der Waals surface area (Å²) < 4.78 is 1.15. The second-order valence-corrected chi connectivity index (χ2v) is 7.46. The van der Waals surface area contributed by atoms with Crippen molar-refractivity contribution in [2.24, 2.45) is 11.8 Å². The van der Waals surface area contributed by atoms with Gasteiger partial charge in [0.25, 0.3) is 0 Å². The van der Waals surface area contributed by atoms with E-state index in [0.29, 0.717) is 6.04 Å². The van der Waals surface area contributed by atoms with Crippen molar-refractivity contribution in [1.29, 1.82) is 0 Å². The fourth-order valence-electron chi connectivity index (χ4n) is 3.25. The Hall–Kier alpha value is -0.380. The summed E-state index contributed by atoms with van der Waals surface area (Å²) in [6.07, 6.45) is 2.57. The molecule has 0 radical (unpaired) electrons. The third-order valence-electron chi connectivity index (χ3n) is 4.71. The van der Waals surface area contributed by atoms with Gasteiger partial charge in [0, 0.05) is 17.1 Å². The number of hydrogen-bond acceptors (Lipinski definition) is 2. The number of benzene rings is 1. The molecule has 0 spiro atoms. The lowest BCUT2D eigenvalue weighted by Gasteiger charge is -2.23. The summed E-state index contributed by atoms with van der Waals surface area (Å²) in [6.45, 7) is 11.7. The van der Waals surface area contributed by atoms with Crippen LogP contribution in [-0.2, 0) is 0 Å². The minimum absolute atomic E-state index is 0.473. The molecular weight excluding hydrogens is 324 g/mol. The van der Waals surface area contributed by atoms with Crippen molar-refractivity contribution in [1.82, 2.24) is 10.2 Å². The first-order valence-electron chi connectivity index (χ1n) is 8.31. The van der Waals surface area contributed by atoms with E-state index in [2.05, 4.69) is 71.2 Å². The lowest BCUT2D eigenvalue weighted by atomic mass is 9.95. The number of halogens is 1. The lowest BCUT2D eigenvalue weighted by molar-refractivity contribution is 0.285. The molecule has 1 fully saturated rings. The normalized spacial score (nSPS) is 21.1. The molecule has 1 N–H and O–H groups in total. The molecule has 0 aromatic heterocycles. The van der Waals surface area contributed by atoms with Crippen LogP contribution in [0, 0.1) is 11.8 Å². The maximum atomic E-state index is 3.63. The molecule has 2 rings (SSSR count). The van der Waals surface area contributed by atoms with E-state index in [1.165, 1.54) is 38.0 Å². The highest BCUT2D eigenvalue weighted by atomic mass is 79.9. The molecule has 0 saturated carbocycles. The van der Waals surface area contributed by atoms with Gasteiger partial charge >= 0.3 is 0 Å². The predicted octanol–water partition coefficient (Wildman–Crippen LogP) is 4.47. The Balaban J connectivity index is 1.87. The van der Waals surface area contributed by atoms with Gasteiger partial charge in [0.15, 0.2) is 0 Å². The zero-order valence-corrected chi connectivity index (χ0v) is 15.2. The molecule has 1 saturated heterocycles. The molecule has 2 unspecified atom stereocenters. The van der Waals surface area contributed by atoms with Crippen LogP contribution >= 0.6 is 15.9 Å². The number of rotatable bonds is 7. The van der Waals surface area contributed by atoms with Crippen LogP contribution in [0.5, 0.6) is 0 Å². The van der Waals surface area contributed by atoms with Crippen LogP contribution in [0.3, 0.4) is 0 Å². The highest BCUT2D eigenvalue weighted by Crippen LogP contribution is 2.25. The molecule has 0 aliphatic carbocycles. The van der Waals surface area contributed by atoms with Crippen LogP contribution in [0.2, 0.25) is 0 Å². The van der Waals surface area contributed by atoms with Crippen molar-refractivity contribution in [2.75, 3.05) is 26.2 Å². The highest BCUT2D eigenvalue weighted by Gasteiger charge is 2.25. The summed E-state index contributed by atoms with van der Waals surface area (Å²) in [5.74, 6) is 1.72. The van der Waals surface area contributed by atoms with Gasteiger partial charge in [0.1, 0.15) is 0 Å². The van der Waals surface area contributed by atoms with Gasteiger partial charge in [-0.1, -0.05) is 48.8 Å². The first-order valence-corrected chi connectivity index (χ1v) is 9.10. The SMILES string of the molecule is CCNC(CCN1CCC(C(C)C)C1)c1ccc(Br)cc1. The summed E-state index contributed by atoms with van der Waals surface area (Å²) in [5.41, 5.74) is 1.40. The number of nitrogens with zero attached hydrogens (tertiary/aromatic N) is 1. The summed E-state index contributed by atoms with van der Waals surface area (Å²) in [5, 5.41) is 3.63.